The molecule has 162 valence electrons. The molecule has 4 rings (SSSR count). The normalized spacial score (nSPS) is 16.2. The summed E-state index contributed by atoms with van der Waals surface area (Å²) in [4.78, 5) is 4.71. The van der Waals surface area contributed by atoms with Crippen LogP contribution in [0, 0.1) is 5.92 Å². The number of rotatable bonds is 10. The zero-order chi connectivity index (χ0) is 20.4. The Balaban J connectivity index is 1.31. The largest absolute Gasteiger partial charge is 0.490 e. The number of hydrogen-bond acceptors (Lipinski definition) is 5. The molecule has 0 amide bonds. The summed E-state index contributed by atoms with van der Waals surface area (Å²) < 4.78 is 22.6. The second-order valence-corrected chi connectivity index (χ2v) is 7.70. The number of nitrogens with one attached hydrogen (secondary N) is 2. The molecule has 2 heterocycles. The van der Waals surface area contributed by atoms with Gasteiger partial charge in [-0.25, -0.2) is 0 Å². The second-order valence-electron chi connectivity index (χ2n) is 7.70. The third-order valence-corrected chi connectivity index (χ3v) is 5.02. The van der Waals surface area contributed by atoms with E-state index >= 15 is 0 Å². The molecule has 2 aliphatic rings. The first-order valence-electron chi connectivity index (χ1n) is 10.9. The summed E-state index contributed by atoms with van der Waals surface area (Å²) in [6.45, 7) is 4.42. The van der Waals surface area contributed by atoms with Crippen molar-refractivity contribution in [1.29, 1.82) is 0 Å². The fourth-order valence-corrected chi connectivity index (χ4v) is 3.17. The molecule has 30 heavy (non-hydrogen) atoms. The van der Waals surface area contributed by atoms with E-state index in [1.807, 2.05) is 30.3 Å². The van der Waals surface area contributed by atoms with Gasteiger partial charge in [0.05, 0.1) is 19.5 Å². The highest BCUT2D eigenvalue weighted by Crippen LogP contribution is 2.32. The predicted molar refractivity (Wildman–Crippen MR) is 117 cm³/mol. The maximum atomic E-state index is 5.80. The number of hydrogen-bond donors (Lipinski definition) is 2. The van der Waals surface area contributed by atoms with Crippen molar-refractivity contribution in [3.63, 3.8) is 0 Å². The van der Waals surface area contributed by atoms with Crippen LogP contribution in [-0.4, -0.2) is 45.5 Å². The Hall–Kier alpha value is -2.67. The molecule has 0 radical (unpaired) electrons. The van der Waals surface area contributed by atoms with E-state index in [0.29, 0.717) is 19.8 Å². The minimum Gasteiger partial charge on any atom is -0.490 e. The van der Waals surface area contributed by atoms with Crippen LogP contribution in [0.4, 0.5) is 5.69 Å². The Morgan fingerprint density at radius 2 is 2.03 bits per heavy atom. The smallest absolute Gasteiger partial charge is 0.195 e. The Kier molecular flexibility index (Phi) is 7.50. The second kappa shape index (κ2) is 10.9. The summed E-state index contributed by atoms with van der Waals surface area (Å²) in [5.74, 6) is 4.04. The lowest BCUT2D eigenvalue weighted by Crippen LogP contribution is -2.32. The van der Waals surface area contributed by atoms with Gasteiger partial charge in [0.2, 0.25) is 0 Å². The van der Waals surface area contributed by atoms with Gasteiger partial charge in [0.15, 0.2) is 17.5 Å². The van der Waals surface area contributed by atoms with Crippen molar-refractivity contribution in [2.45, 2.75) is 32.1 Å². The minimum atomic E-state index is 0.666. The maximum absolute atomic E-state index is 5.80. The molecule has 0 bridgehead atoms. The number of ether oxygens (including phenoxy) is 3. The Labute approximate surface area is 177 Å². The van der Waals surface area contributed by atoms with Crippen molar-refractivity contribution in [2.24, 2.45) is 10.9 Å². The van der Waals surface area contributed by atoms with E-state index in [-0.39, 0.29) is 0 Å². The number of aliphatic imine (C=N–C) groups is 1. The third-order valence-electron chi connectivity index (χ3n) is 5.02. The fourth-order valence-electron chi connectivity index (χ4n) is 3.17. The Bertz CT molecular complexity index is 803. The molecule has 0 saturated heterocycles. The molecule has 2 aromatic rings. The summed E-state index contributed by atoms with van der Waals surface area (Å²) in [6.07, 6.45) is 6.92. The third kappa shape index (κ3) is 6.69. The average Bonchev–Trinajstić information content (AvgIpc) is 3.49. The molecule has 0 spiro atoms. The molecule has 1 fully saturated rings. The first-order chi connectivity index (χ1) is 14.9. The van der Waals surface area contributed by atoms with Crippen LogP contribution in [0.3, 0.4) is 0 Å². The summed E-state index contributed by atoms with van der Waals surface area (Å²) in [6, 6.07) is 9.77. The van der Waals surface area contributed by atoms with Crippen LogP contribution in [0.2, 0.25) is 0 Å². The lowest BCUT2D eigenvalue weighted by atomic mass is 10.2. The number of benzene rings is 1. The van der Waals surface area contributed by atoms with E-state index in [4.69, 9.17) is 23.6 Å². The summed E-state index contributed by atoms with van der Waals surface area (Å²) in [7, 11) is 0. The van der Waals surface area contributed by atoms with Gasteiger partial charge in [-0.2, -0.15) is 0 Å². The van der Waals surface area contributed by atoms with Crippen LogP contribution in [0.25, 0.3) is 0 Å². The van der Waals surface area contributed by atoms with Gasteiger partial charge in [-0.1, -0.05) is 0 Å². The van der Waals surface area contributed by atoms with Crippen LogP contribution < -0.4 is 20.1 Å². The van der Waals surface area contributed by atoms with Gasteiger partial charge in [0.25, 0.3) is 0 Å². The Morgan fingerprint density at radius 1 is 1.13 bits per heavy atom. The SMILES string of the molecule is c1coc(CCNC(=NCCCOCC2CC2)Nc2ccc3c(c2)OCCCO3)c1. The van der Waals surface area contributed by atoms with E-state index in [2.05, 4.69) is 10.6 Å². The molecule has 1 aromatic heterocycles. The van der Waals surface area contributed by atoms with Gasteiger partial charge in [-0.05, 0) is 49.4 Å². The molecule has 7 heteroatoms. The molecule has 1 aliphatic heterocycles. The number of nitrogens with zero attached hydrogens (tertiary/aromatic N) is 1. The lowest BCUT2D eigenvalue weighted by Gasteiger charge is -2.14. The molecule has 1 aliphatic carbocycles. The molecular weight excluding hydrogens is 382 g/mol. The van der Waals surface area contributed by atoms with Gasteiger partial charge in [-0.3, -0.25) is 4.99 Å². The van der Waals surface area contributed by atoms with Crippen LogP contribution in [-0.2, 0) is 11.2 Å². The molecule has 1 aromatic carbocycles. The van der Waals surface area contributed by atoms with Crippen molar-refractivity contribution in [3.8, 4) is 11.5 Å². The van der Waals surface area contributed by atoms with Gasteiger partial charge >= 0.3 is 0 Å². The van der Waals surface area contributed by atoms with Crippen LogP contribution in [0.1, 0.15) is 31.4 Å². The zero-order valence-corrected chi connectivity index (χ0v) is 17.4. The molecular formula is C23H31N3O4. The quantitative estimate of drug-likeness (QED) is 0.350. The zero-order valence-electron chi connectivity index (χ0n) is 17.4. The monoisotopic (exact) mass is 413 g/mol. The van der Waals surface area contributed by atoms with E-state index < -0.39 is 0 Å². The van der Waals surface area contributed by atoms with Gasteiger partial charge in [-0.15, -0.1) is 0 Å². The highest BCUT2D eigenvalue weighted by molar-refractivity contribution is 5.94. The van der Waals surface area contributed by atoms with Crippen molar-refractivity contribution >= 4 is 11.6 Å². The molecule has 0 atom stereocenters. The maximum Gasteiger partial charge on any atom is 0.195 e. The first-order valence-corrected chi connectivity index (χ1v) is 10.9. The molecule has 2 N–H and O–H groups in total. The molecule has 1 saturated carbocycles. The standard InChI is InChI=1S/C23H31N3O4/c1-4-20(28-13-1)9-11-25-23(24-10-2-12-27-17-18-5-6-18)26-19-7-8-21-22(16-19)30-15-3-14-29-21/h1,4,7-8,13,16,18H,2-3,5-6,9-12,14-15,17H2,(H2,24,25,26). The van der Waals surface area contributed by atoms with Gasteiger partial charge < -0.3 is 29.3 Å². The van der Waals surface area contributed by atoms with Crippen LogP contribution >= 0.6 is 0 Å². The topological polar surface area (TPSA) is 77.3 Å². The highest BCUT2D eigenvalue weighted by atomic mass is 16.5. The Morgan fingerprint density at radius 3 is 2.87 bits per heavy atom. The number of anilines is 1. The summed E-state index contributed by atoms with van der Waals surface area (Å²) >= 11 is 0. The van der Waals surface area contributed by atoms with Crippen molar-refractivity contribution in [1.82, 2.24) is 5.32 Å². The predicted octanol–water partition coefficient (Wildman–Crippen LogP) is 3.86. The van der Waals surface area contributed by atoms with Crippen molar-refractivity contribution in [3.05, 3.63) is 42.4 Å². The highest BCUT2D eigenvalue weighted by Gasteiger charge is 2.20. The lowest BCUT2D eigenvalue weighted by molar-refractivity contribution is 0.123. The van der Waals surface area contributed by atoms with Gasteiger partial charge in [0, 0.05) is 50.9 Å². The van der Waals surface area contributed by atoms with Crippen LogP contribution in [0.15, 0.2) is 46.0 Å². The molecule has 7 nitrogen and oxygen atoms in total. The molecule has 0 unspecified atom stereocenters. The average molecular weight is 414 g/mol. The van der Waals surface area contributed by atoms with Crippen molar-refractivity contribution in [2.75, 3.05) is 44.8 Å². The van der Waals surface area contributed by atoms with E-state index in [0.717, 1.165) is 73.8 Å². The van der Waals surface area contributed by atoms with E-state index in [1.54, 1.807) is 6.26 Å². The number of furan rings is 1. The number of guanidine groups is 1. The fraction of sp³-hybridized carbons (Fsp3) is 0.522. The summed E-state index contributed by atoms with van der Waals surface area (Å²) in [5, 5.41) is 6.76. The first kappa shape index (κ1) is 20.6. The van der Waals surface area contributed by atoms with Gasteiger partial charge in [0.1, 0.15) is 5.76 Å². The minimum absolute atomic E-state index is 0.666. The van der Waals surface area contributed by atoms with E-state index in [9.17, 15) is 0 Å². The van der Waals surface area contributed by atoms with Crippen molar-refractivity contribution < 1.29 is 18.6 Å². The van der Waals surface area contributed by atoms with E-state index in [1.165, 1.54) is 12.8 Å². The number of fused-ring (bicyclic) bond motifs is 1. The summed E-state index contributed by atoms with van der Waals surface area (Å²) in [5.41, 5.74) is 0.911. The van der Waals surface area contributed by atoms with Crippen LogP contribution in [0.5, 0.6) is 11.5 Å².